The normalized spacial score (nSPS) is 18.7. The van der Waals surface area contributed by atoms with E-state index in [1.807, 2.05) is 18.2 Å². The maximum atomic E-state index is 13.2. The van der Waals surface area contributed by atoms with Crippen LogP contribution in [0.5, 0.6) is 5.75 Å². The largest absolute Gasteiger partial charge is 0.493 e. The Hall–Kier alpha value is -2.42. The maximum Gasteiger partial charge on any atom is 0.243 e. The van der Waals surface area contributed by atoms with Crippen LogP contribution in [0.4, 0.5) is 0 Å². The molecule has 7 nitrogen and oxygen atoms in total. The predicted octanol–water partition coefficient (Wildman–Crippen LogP) is 3.52. The molecule has 2 aromatic carbocycles. The highest BCUT2D eigenvalue weighted by atomic mass is 35.5. The molecule has 4 heterocycles. The number of nitrogens with zero attached hydrogens (tertiary/aromatic N) is 4. The van der Waals surface area contributed by atoms with Crippen LogP contribution >= 0.6 is 11.6 Å². The second-order valence-electron chi connectivity index (χ2n) is 8.63. The van der Waals surface area contributed by atoms with Gasteiger partial charge in [-0.05, 0) is 66.8 Å². The average Bonchev–Trinajstić information content (AvgIpc) is 3.45. The molecule has 3 aliphatic rings. The molecular weight excluding hydrogens is 448 g/mol. The quantitative estimate of drug-likeness (QED) is 0.585. The molecule has 166 valence electrons. The Kier molecular flexibility index (Phi) is 4.78. The van der Waals surface area contributed by atoms with Crippen LogP contribution in [0.25, 0.3) is 5.69 Å². The van der Waals surface area contributed by atoms with Crippen molar-refractivity contribution in [3.05, 3.63) is 64.2 Å². The SMILES string of the molecule is O=S(=O)(c1ccc2c(c1)CCO2)N1CCC(c2nnc3n2-c2ccc(Cl)cc2CC3)CC1. The first-order chi connectivity index (χ1) is 15.5. The zero-order valence-corrected chi connectivity index (χ0v) is 19.1. The number of rotatable bonds is 3. The topological polar surface area (TPSA) is 77.3 Å². The van der Waals surface area contributed by atoms with Crippen LogP contribution in [-0.2, 0) is 29.3 Å². The molecule has 3 aliphatic heterocycles. The van der Waals surface area contributed by atoms with Gasteiger partial charge >= 0.3 is 0 Å². The third-order valence-electron chi connectivity index (χ3n) is 6.77. The lowest BCUT2D eigenvalue weighted by Gasteiger charge is -2.31. The molecule has 1 aromatic heterocycles. The van der Waals surface area contributed by atoms with Gasteiger partial charge in [-0.1, -0.05) is 11.6 Å². The minimum atomic E-state index is -3.53. The van der Waals surface area contributed by atoms with Crippen molar-refractivity contribution in [3.8, 4) is 11.4 Å². The van der Waals surface area contributed by atoms with Gasteiger partial charge in [0.05, 0.1) is 17.2 Å². The summed E-state index contributed by atoms with van der Waals surface area (Å²) >= 11 is 6.20. The Morgan fingerprint density at radius 2 is 1.81 bits per heavy atom. The summed E-state index contributed by atoms with van der Waals surface area (Å²) in [4.78, 5) is 0.353. The fourth-order valence-electron chi connectivity index (χ4n) is 5.06. The van der Waals surface area contributed by atoms with Crippen LogP contribution in [-0.4, -0.2) is 47.2 Å². The van der Waals surface area contributed by atoms with Gasteiger partial charge in [0.1, 0.15) is 17.4 Å². The first-order valence-electron chi connectivity index (χ1n) is 11.0. The summed E-state index contributed by atoms with van der Waals surface area (Å²) < 4.78 is 35.8. The molecule has 0 atom stereocenters. The van der Waals surface area contributed by atoms with Crippen molar-refractivity contribution in [2.75, 3.05) is 19.7 Å². The molecule has 0 N–H and O–H groups in total. The summed E-state index contributed by atoms with van der Waals surface area (Å²) in [7, 11) is -3.53. The second-order valence-corrected chi connectivity index (χ2v) is 11.0. The number of aromatic nitrogens is 3. The van der Waals surface area contributed by atoms with Crippen LogP contribution in [0, 0.1) is 0 Å². The number of ether oxygens (including phenoxy) is 1. The first kappa shape index (κ1) is 20.2. The summed E-state index contributed by atoms with van der Waals surface area (Å²) in [5.41, 5.74) is 3.26. The molecule has 0 spiro atoms. The number of aryl methyl sites for hydroxylation is 2. The molecule has 0 saturated carbocycles. The van der Waals surface area contributed by atoms with Gasteiger partial charge < -0.3 is 4.74 Å². The number of sulfonamides is 1. The Balaban J connectivity index is 1.24. The molecule has 1 fully saturated rings. The van der Waals surface area contributed by atoms with Gasteiger partial charge in [0.15, 0.2) is 0 Å². The standard InChI is InChI=1S/C23H23ClN4O3S/c24-18-2-4-20-16(13-18)1-6-22-25-26-23(28(20)22)15-7-10-27(11-8-15)32(29,30)19-3-5-21-17(14-19)9-12-31-21/h2-5,13-15H,1,6-12H2. The first-order valence-corrected chi connectivity index (χ1v) is 12.8. The molecular formula is C23H23ClN4O3S. The van der Waals surface area contributed by atoms with E-state index >= 15 is 0 Å². The predicted molar refractivity (Wildman–Crippen MR) is 120 cm³/mol. The molecule has 32 heavy (non-hydrogen) atoms. The van der Waals surface area contributed by atoms with E-state index in [1.54, 1.807) is 22.5 Å². The summed E-state index contributed by atoms with van der Waals surface area (Å²) in [6, 6.07) is 11.1. The Bertz CT molecular complexity index is 1310. The number of hydrogen-bond acceptors (Lipinski definition) is 5. The van der Waals surface area contributed by atoms with E-state index in [4.69, 9.17) is 16.3 Å². The smallest absolute Gasteiger partial charge is 0.243 e. The molecule has 0 bridgehead atoms. The zero-order valence-electron chi connectivity index (χ0n) is 17.5. The van der Waals surface area contributed by atoms with Crippen molar-refractivity contribution in [2.24, 2.45) is 0 Å². The van der Waals surface area contributed by atoms with Gasteiger partial charge in [0.2, 0.25) is 10.0 Å². The summed E-state index contributed by atoms with van der Waals surface area (Å²) in [5, 5.41) is 9.70. The third-order valence-corrected chi connectivity index (χ3v) is 8.90. The van der Waals surface area contributed by atoms with Crippen molar-refractivity contribution < 1.29 is 13.2 Å². The van der Waals surface area contributed by atoms with Gasteiger partial charge in [0, 0.05) is 36.9 Å². The van der Waals surface area contributed by atoms with Gasteiger partial charge in [0.25, 0.3) is 0 Å². The number of halogens is 1. The molecule has 0 unspecified atom stereocenters. The Morgan fingerprint density at radius 3 is 2.66 bits per heavy atom. The summed E-state index contributed by atoms with van der Waals surface area (Å²) in [5.74, 6) is 2.85. The summed E-state index contributed by atoms with van der Waals surface area (Å²) in [6.07, 6.45) is 3.92. The molecule has 0 radical (unpaired) electrons. The van der Waals surface area contributed by atoms with Crippen LogP contribution in [0.1, 0.15) is 41.5 Å². The molecule has 6 rings (SSSR count). The highest BCUT2D eigenvalue weighted by Crippen LogP contribution is 2.35. The fourth-order valence-corrected chi connectivity index (χ4v) is 6.78. The van der Waals surface area contributed by atoms with Crippen molar-refractivity contribution in [3.63, 3.8) is 0 Å². The third kappa shape index (κ3) is 3.24. The minimum absolute atomic E-state index is 0.165. The molecule has 0 aliphatic carbocycles. The Labute approximate surface area is 192 Å². The maximum absolute atomic E-state index is 13.2. The van der Waals surface area contributed by atoms with E-state index in [1.165, 1.54) is 5.56 Å². The average molecular weight is 471 g/mol. The van der Waals surface area contributed by atoms with Gasteiger partial charge in [-0.3, -0.25) is 4.57 Å². The van der Waals surface area contributed by atoms with Gasteiger partial charge in [-0.2, -0.15) is 4.31 Å². The van der Waals surface area contributed by atoms with Crippen molar-refractivity contribution >= 4 is 21.6 Å². The number of benzene rings is 2. The van der Waals surface area contributed by atoms with E-state index in [0.717, 1.165) is 52.9 Å². The van der Waals surface area contributed by atoms with E-state index < -0.39 is 10.0 Å². The van der Waals surface area contributed by atoms with E-state index in [2.05, 4.69) is 14.8 Å². The van der Waals surface area contributed by atoms with E-state index in [0.29, 0.717) is 37.4 Å². The lowest BCUT2D eigenvalue weighted by Crippen LogP contribution is -2.38. The summed E-state index contributed by atoms with van der Waals surface area (Å²) in [6.45, 7) is 1.55. The molecule has 3 aromatic rings. The number of hydrogen-bond donors (Lipinski definition) is 0. The van der Waals surface area contributed by atoms with Crippen LogP contribution in [0.3, 0.4) is 0 Å². The molecule has 0 amide bonds. The van der Waals surface area contributed by atoms with E-state index in [9.17, 15) is 8.42 Å². The highest BCUT2D eigenvalue weighted by Gasteiger charge is 2.34. The van der Waals surface area contributed by atoms with E-state index in [-0.39, 0.29) is 5.92 Å². The van der Waals surface area contributed by atoms with Crippen LogP contribution in [0.2, 0.25) is 5.02 Å². The lowest BCUT2D eigenvalue weighted by molar-refractivity contribution is 0.311. The van der Waals surface area contributed by atoms with Crippen LogP contribution < -0.4 is 4.74 Å². The van der Waals surface area contributed by atoms with Crippen molar-refractivity contribution in [2.45, 2.75) is 42.9 Å². The van der Waals surface area contributed by atoms with Crippen molar-refractivity contribution in [1.29, 1.82) is 0 Å². The van der Waals surface area contributed by atoms with Gasteiger partial charge in [-0.25, -0.2) is 8.42 Å². The minimum Gasteiger partial charge on any atom is -0.493 e. The Morgan fingerprint density at radius 1 is 0.969 bits per heavy atom. The zero-order chi connectivity index (χ0) is 21.9. The highest BCUT2D eigenvalue weighted by molar-refractivity contribution is 7.89. The van der Waals surface area contributed by atoms with Crippen molar-refractivity contribution in [1.82, 2.24) is 19.1 Å². The number of fused-ring (bicyclic) bond motifs is 4. The molecule has 1 saturated heterocycles. The second kappa shape index (κ2) is 7.57. The van der Waals surface area contributed by atoms with Gasteiger partial charge in [-0.15, -0.1) is 10.2 Å². The molecule has 9 heteroatoms. The number of piperidine rings is 1. The lowest BCUT2D eigenvalue weighted by atomic mass is 9.96. The monoisotopic (exact) mass is 470 g/mol. The van der Waals surface area contributed by atoms with Crippen LogP contribution in [0.15, 0.2) is 41.3 Å². The fraction of sp³-hybridized carbons (Fsp3) is 0.391.